The average molecular weight is 393 g/mol. The van der Waals surface area contributed by atoms with Crippen molar-refractivity contribution < 1.29 is 14.7 Å². The summed E-state index contributed by atoms with van der Waals surface area (Å²) in [6, 6.07) is 13.6. The van der Waals surface area contributed by atoms with E-state index in [1.165, 1.54) is 22.8 Å². The largest absolute Gasteiger partial charge is 0.480 e. The van der Waals surface area contributed by atoms with E-state index in [0.29, 0.717) is 10.9 Å². The number of aromatic nitrogens is 2. The Morgan fingerprint density at radius 1 is 1.14 bits per heavy atom. The Labute approximate surface area is 168 Å². The summed E-state index contributed by atoms with van der Waals surface area (Å²) < 4.78 is 1.39. The van der Waals surface area contributed by atoms with Crippen LogP contribution in [-0.4, -0.2) is 44.5 Å². The molecule has 1 N–H and O–H groups in total. The monoisotopic (exact) mass is 393 g/mol. The topological polar surface area (TPSA) is 92.5 Å². The molecule has 1 heterocycles. The summed E-state index contributed by atoms with van der Waals surface area (Å²) in [5.41, 5.74) is 2.18. The van der Waals surface area contributed by atoms with Gasteiger partial charge in [0.1, 0.15) is 6.04 Å². The Hall–Kier alpha value is -3.48. The van der Waals surface area contributed by atoms with Crippen molar-refractivity contribution >= 4 is 22.8 Å². The molecule has 1 amide bonds. The van der Waals surface area contributed by atoms with Gasteiger partial charge in [-0.2, -0.15) is 0 Å². The van der Waals surface area contributed by atoms with Crippen LogP contribution in [0.15, 0.2) is 59.7 Å². The number of carbonyl (C=O) groups excluding carboxylic acids is 1. The molecule has 0 bridgehead atoms. The molecule has 0 saturated heterocycles. The minimum atomic E-state index is -1.07. The second-order valence-electron chi connectivity index (χ2n) is 7.01. The highest BCUT2D eigenvalue weighted by molar-refractivity contribution is 5.84. The minimum absolute atomic E-state index is 0.00792. The number of aliphatic carboxylic acids is 1. The van der Waals surface area contributed by atoms with E-state index in [4.69, 9.17) is 0 Å². The Kier molecular flexibility index (Phi) is 6.07. The van der Waals surface area contributed by atoms with Gasteiger partial charge >= 0.3 is 5.97 Å². The van der Waals surface area contributed by atoms with Gasteiger partial charge < -0.3 is 10.0 Å². The lowest BCUT2D eigenvalue weighted by atomic mass is 10.0. The molecule has 29 heavy (non-hydrogen) atoms. The molecule has 0 aliphatic rings. The number of carbonyl (C=O) groups is 2. The molecule has 3 rings (SSSR count). The molecule has 0 spiro atoms. The van der Waals surface area contributed by atoms with E-state index >= 15 is 0 Å². The van der Waals surface area contributed by atoms with Crippen molar-refractivity contribution in [1.82, 2.24) is 14.5 Å². The van der Waals surface area contributed by atoms with Gasteiger partial charge in [0.05, 0.1) is 17.2 Å². The summed E-state index contributed by atoms with van der Waals surface area (Å²) in [6.07, 6.45) is 1.66. The van der Waals surface area contributed by atoms with Crippen molar-refractivity contribution in [3.8, 4) is 0 Å². The maximum Gasteiger partial charge on any atom is 0.326 e. The van der Waals surface area contributed by atoms with Crippen LogP contribution < -0.4 is 5.56 Å². The van der Waals surface area contributed by atoms with Crippen molar-refractivity contribution in [3.05, 3.63) is 76.3 Å². The summed E-state index contributed by atoms with van der Waals surface area (Å²) in [7, 11) is 1.48. The zero-order valence-corrected chi connectivity index (χ0v) is 16.4. The molecule has 1 aromatic heterocycles. The van der Waals surface area contributed by atoms with Gasteiger partial charge in [0.25, 0.3) is 5.56 Å². The van der Waals surface area contributed by atoms with Crippen molar-refractivity contribution in [3.63, 3.8) is 0 Å². The number of amides is 1. The first kappa shape index (κ1) is 20.3. The lowest BCUT2D eigenvalue weighted by molar-refractivity contribution is -0.149. The van der Waals surface area contributed by atoms with E-state index in [1.807, 2.05) is 43.3 Å². The van der Waals surface area contributed by atoms with Crippen LogP contribution in [0.3, 0.4) is 0 Å². The lowest BCUT2D eigenvalue weighted by Gasteiger charge is -2.25. The molecule has 0 aliphatic heterocycles. The molecule has 0 fully saturated rings. The summed E-state index contributed by atoms with van der Waals surface area (Å²) in [5, 5.41) is 10.1. The molecule has 150 valence electrons. The molecular weight excluding hydrogens is 370 g/mol. The van der Waals surface area contributed by atoms with Gasteiger partial charge in [-0.05, 0) is 24.1 Å². The third-order valence-corrected chi connectivity index (χ3v) is 5.04. The van der Waals surface area contributed by atoms with Gasteiger partial charge in [0.2, 0.25) is 5.91 Å². The van der Waals surface area contributed by atoms with E-state index in [1.54, 1.807) is 12.1 Å². The number of benzene rings is 2. The van der Waals surface area contributed by atoms with E-state index in [2.05, 4.69) is 4.98 Å². The smallest absolute Gasteiger partial charge is 0.326 e. The third kappa shape index (κ3) is 4.51. The van der Waals surface area contributed by atoms with Crippen LogP contribution >= 0.6 is 0 Å². The molecule has 2 aromatic carbocycles. The average Bonchev–Trinajstić information content (AvgIpc) is 2.72. The van der Waals surface area contributed by atoms with Crippen molar-refractivity contribution in [1.29, 1.82) is 0 Å². The summed E-state index contributed by atoms with van der Waals surface area (Å²) in [4.78, 5) is 42.5. The van der Waals surface area contributed by atoms with Gasteiger partial charge in [0, 0.05) is 26.4 Å². The number of likely N-dealkylation sites (N-methyl/N-ethyl adjacent to an activating group) is 1. The van der Waals surface area contributed by atoms with E-state index in [9.17, 15) is 19.5 Å². The van der Waals surface area contributed by atoms with Gasteiger partial charge in [-0.1, -0.05) is 42.5 Å². The molecule has 7 heteroatoms. The van der Waals surface area contributed by atoms with Gasteiger partial charge in [-0.25, -0.2) is 9.78 Å². The molecule has 0 saturated carbocycles. The molecule has 1 atom stereocenters. The second-order valence-corrected chi connectivity index (χ2v) is 7.01. The number of carboxylic acids is 1. The number of fused-ring (bicyclic) bond motifs is 1. The molecule has 1 unspecified atom stereocenters. The molecule has 3 aromatic rings. The quantitative estimate of drug-likeness (QED) is 0.665. The van der Waals surface area contributed by atoms with Crippen LogP contribution in [0.5, 0.6) is 0 Å². The van der Waals surface area contributed by atoms with Crippen molar-refractivity contribution in [2.24, 2.45) is 0 Å². The molecule has 0 radical (unpaired) electrons. The standard InChI is InChI=1S/C22H23N3O4/c1-15-7-6-10-17-20(15)23-14-25(21(17)27)12-11-19(26)24(2)18(22(28)29)13-16-8-4-3-5-9-16/h3-10,14,18H,11-13H2,1-2H3,(H,28,29). The zero-order chi connectivity index (χ0) is 21.0. The molecule has 7 nitrogen and oxygen atoms in total. The van der Waals surface area contributed by atoms with E-state index in [-0.39, 0.29) is 30.9 Å². The number of carboxylic acid groups (broad SMARTS) is 1. The first-order chi connectivity index (χ1) is 13.9. The maximum absolute atomic E-state index is 12.7. The highest BCUT2D eigenvalue weighted by atomic mass is 16.4. The molecule has 0 aliphatic carbocycles. The maximum atomic E-state index is 12.7. The third-order valence-electron chi connectivity index (χ3n) is 5.04. The Morgan fingerprint density at radius 2 is 1.86 bits per heavy atom. The zero-order valence-electron chi connectivity index (χ0n) is 16.4. The van der Waals surface area contributed by atoms with Crippen LogP contribution in [0.4, 0.5) is 0 Å². The van der Waals surface area contributed by atoms with Gasteiger partial charge in [0.15, 0.2) is 0 Å². The number of hydrogen-bond donors (Lipinski definition) is 1. The number of hydrogen-bond acceptors (Lipinski definition) is 4. The number of aryl methyl sites for hydroxylation is 2. The minimum Gasteiger partial charge on any atom is -0.480 e. The first-order valence-electron chi connectivity index (χ1n) is 9.35. The van der Waals surface area contributed by atoms with E-state index in [0.717, 1.165) is 11.1 Å². The van der Waals surface area contributed by atoms with Gasteiger partial charge in [-0.3, -0.25) is 14.2 Å². The van der Waals surface area contributed by atoms with E-state index < -0.39 is 12.0 Å². The van der Waals surface area contributed by atoms with Crippen LogP contribution in [-0.2, 0) is 22.6 Å². The summed E-state index contributed by atoms with van der Waals surface area (Å²) in [6.45, 7) is 2.02. The Balaban J connectivity index is 1.72. The molecular formula is C22H23N3O4. The number of nitrogens with zero attached hydrogens (tertiary/aromatic N) is 3. The second kappa shape index (κ2) is 8.68. The van der Waals surface area contributed by atoms with Crippen LogP contribution in [0, 0.1) is 6.92 Å². The van der Waals surface area contributed by atoms with Crippen LogP contribution in [0.2, 0.25) is 0 Å². The lowest BCUT2D eigenvalue weighted by Crippen LogP contribution is -2.44. The fourth-order valence-corrected chi connectivity index (χ4v) is 3.29. The van der Waals surface area contributed by atoms with Crippen LogP contribution in [0.25, 0.3) is 10.9 Å². The van der Waals surface area contributed by atoms with Gasteiger partial charge in [-0.15, -0.1) is 0 Å². The van der Waals surface area contributed by atoms with Crippen molar-refractivity contribution in [2.75, 3.05) is 7.05 Å². The predicted octanol–water partition coefficient (Wildman–Crippen LogP) is 2.25. The fourth-order valence-electron chi connectivity index (χ4n) is 3.29. The first-order valence-corrected chi connectivity index (χ1v) is 9.35. The Bertz CT molecular complexity index is 1090. The fraction of sp³-hybridized carbons (Fsp3) is 0.273. The summed E-state index contributed by atoms with van der Waals surface area (Å²) >= 11 is 0. The normalized spacial score (nSPS) is 11.9. The summed E-state index contributed by atoms with van der Waals surface area (Å²) in [5.74, 6) is -1.41. The number of rotatable bonds is 7. The Morgan fingerprint density at radius 3 is 2.55 bits per heavy atom. The number of para-hydroxylation sites is 1. The highest BCUT2D eigenvalue weighted by Crippen LogP contribution is 2.12. The highest BCUT2D eigenvalue weighted by Gasteiger charge is 2.26. The SMILES string of the molecule is Cc1cccc2c(=O)n(CCC(=O)N(C)C(Cc3ccccc3)C(=O)O)cnc12. The van der Waals surface area contributed by atoms with Crippen LogP contribution in [0.1, 0.15) is 17.5 Å². The predicted molar refractivity (Wildman–Crippen MR) is 110 cm³/mol. The van der Waals surface area contributed by atoms with Crippen molar-refractivity contribution in [2.45, 2.75) is 32.4 Å².